The van der Waals surface area contributed by atoms with Gasteiger partial charge in [0, 0.05) is 23.7 Å². The maximum absolute atomic E-state index is 13.5. The Labute approximate surface area is 186 Å². The number of fused-ring (bicyclic) bond motifs is 6. The van der Waals surface area contributed by atoms with Gasteiger partial charge in [-0.3, -0.25) is 14.5 Å². The van der Waals surface area contributed by atoms with Gasteiger partial charge in [0.1, 0.15) is 5.52 Å². The van der Waals surface area contributed by atoms with Crippen LogP contribution in [0.15, 0.2) is 24.7 Å². The summed E-state index contributed by atoms with van der Waals surface area (Å²) >= 11 is 0. The van der Waals surface area contributed by atoms with Gasteiger partial charge in [0.25, 0.3) is 0 Å². The minimum atomic E-state index is 0.210. The Hall–Kier alpha value is -1.71. The molecule has 0 radical (unpaired) electrons. The van der Waals surface area contributed by atoms with Crippen LogP contribution in [0.25, 0.3) is 10.9 Å². The molecule has 0 aromatic carbocycles. The van der Waals surface area contributed by atoms with E-state index in [9.17, 15) is 4.79 Å². The van der Waals surface area contributed by atoms with Crippen LogP contribution in [0.3, 0.4) is 0 Å². The Bertz CT molecular complexity index is 949. The topological polar surface area (TPSA) is 47.8 Å². The predicted octanol–water partition coefficient (Wildman–Crippen LogP) is 5.91. The molecule has 0 spiro atoms. The minimum absolute atomic E-state index is 0.210. The molecule has 0 saturated heterocycles. The molecule has 4 fully saturated rings. The van der Waals surface area contributed by atoms with E-state index in [2.05, 4.69) is 23.9 Å². The van der Waals surface area contributed by atoms with Gasteiger partial charge in [0.2, 0.25) is 0 Å². The van der Waals surface area contributed by atoms with Crippen molar-refractivity contribution in [2.24, 2.45) is 46.8 Å². The fourth-order valence-corrected chi connectivity index (χ4v) is 8.89. The standard InChI is InChI=1S/C27H37N3O/c1-17-3-5-20-18(13-17)4-6-22-21(20)9-11-27(2)23(22)7-8-24(27)26(31)16-30-15-19-10-12-28-14-25(19)29-30/h10,12,14-15,17-18,20-24H,3-9,11,13,16H2,1-2H3/t17?,18?,20?,21?,22?,23-,24?,27?/m0/s1. The number of Topliss-reactive ketones (excluding diaryl/α,β-unsaturated/α-hetero) is 1. The van der Waals surface area contributed by atoms with Crippen LogP contribution in [0.2, 0.25) is 0 Å². The van der Waals surface area contributed by atoms with Crippen LogP contribution in [0.4, 0.5) is 0 Å². The molecule has 4 saturated carbocycles. The molecule has 166 valence electrons. The van der Waals surface area contributed by atoms with Gasteiger partial charge < -0.3 is 0 Å². The summed E-state index contributed by atoms with van der Waals surface area (Å²) in [6.45, 7) is 5.35. The van der Waals surface area contributed by atoms with Gasteiger partial charge in [-0.05, 0) is 98.4 Å². The first-order chi connectivity index (χ1) is 15.0. The highest BCUT2D eigenvalue weighted by molar-refractivity contribution is 5.83. The number of hydrogen-bond donors (Lipinski definition) is 0. The van der Waals surface area contributed by atoms with Gasteiger partial charge in [-0.25, -0.2) is 0 Å². The SMILES string of the molecule is CC1CCC2C(CCC3C2CCC2(C)C(C(=O)Cn4cc5ccncc5n4)CC[C@@H]32)C1. The van der Waals surface area contributed by atoms with E-state index < -0.39 is 0 Å². The summed E-state index contributed by atoms with van der Waals surface area (Å²) in [5.41, 5.74) is 1.09. The van der Waals surface area contributed by atoms with E-state index in [4.69, 9.17) is 0 Å². The number of rotatable bonds is 3. The van der Waals surface area contributed by atoms with Crippen LogP contribution in [0.1, 0.15) is 71.6 Å². The molecule has 31 heavy (non-hydrogen) atoms. The molecule has 2 aromatic heterocycles. The average Bonchev–Trinajstić information content (AvgIpc) is 3.33. The first kappa shape index (κ1) is 19.9. The lowest BCUT2D eigenvalue weighted by atomic mass is 9.49. The Morgan fingerprint density at radius 3 is 2.84 bits per heavy atom. The maximum atomic E-state index is 13.5. The van der Waals surface area contributed by atoms with Crippen molar-refractivity contribution in [2.45, 2.75) is 78.2 Å². The number of carbonyl (C=O) groups is 1. The lowest BCUT2D eigenvalue weighted by Crippen LogP contribution is -2.49. The summed E-state index contributed by atoms with van der Waals surface area (Å²) in [4.78, 5) is 17.7. The van der Waals surface area contributed by atoms with E-state index in [1.807, 2.05) is 16.9 Å². The molecule has 4 aliphatic carbocycles. The number of hydrogen-bond acceptors (Lipinski definition) is 3. The van der Waals surface area contributed by atoms with Crippen LogP contribution in [-0.2, 0) is 11.3 Å². The highest BCUT2D eigenvalue weighted by Gasteiger charge is 2.58. The summed E-state index contributed by atoms with van der Waals surface area (Å²) in [6, 6.07) is 1.97. The molecule has 0 amide bonds. The van der Waals surface area contributed by atoms with Gasteiger partial charge in [-0.15, -0.1) is 0 Å². The Kier molecular flexibility index (Phi) is 4.77. The second-order valence-electron chi connectivity index (χ2n) is 11.8. The third-order valence-electron chi connectivity index (χ3n) is 10.3. The van der Waals surface area contributed by atoms with E-state index in [0.29, 0.717) is 12.3 Å². The van der Waals surface area contributed by atoms with Crippen LogP contribution < -0.4 is 0 Å². The smallest absolute Gasteiger partial charge is 0.157 e. The van der Waals surface area contributed by atoms with Gasteiger partial charge in [0.05, 0.1) is 12.7 Å². The summed E-state index contributed by atoms with van der Waals surface area (Å²) in [6.07, 6.45) is 17.9. The van der Waals surface area contributed by atoms with Crippen molar-refractivity contribution < 1.29 is 4.79 Å². The van der Waals surface area contributed by atoms with Crippen LogP contribution in [0.5, 0.6) is 0 Å². The van der Waals surface area contributed by atoms with E-state index in [0.717, 1.165) is 52.8 Å². The molecule has 4 nitrogen and oxygen atoms in total. The first-order valence-corrected chi connectivity index (χ1v) is 12.8. The lowest BCUT2D eigenvalue weighted by Gasteiger charge is -2.56. The molecule has 4 aliphatic rings. The van der Waals surface area contributed by atoms with Crippen molar-refractivity contribution in [3.63, 3.8) is 0 Å². The van der Waals surface area contributed by atoms with Crippen molar-refractivity contribution in [3.05, 3.63) is 24.7 Å². The van der Waals surface area contributed by atoms with Crippen molar-refractivity contribution in [3.8, 4) is 0 Å². The van der Waals surface area contributed by atoms with Crippen molar-refractivity contribution in [1.29, 1.82) is 0 Å². The third-order valence-corrected chi connectivity index (χ3v) is 10.3. The van der Waals surface area contributed by atoms with Gasteiger partial charge in [-0.2, -0.15) is 5.10 Å². The second-order valence-corrected chi connectivity index (χ2v) is 11.8. The van der Waals surface area contributed by atoms with Gasteiger partial charge in [0.15, 0.2) is 5.78 Å². The summed E-state index contributed by atoms with van der Waals surface area (Å²) in [7, 11) is 0. The Morgan fingerprint density at radius 1 is 1.10 bits per heavy atom. The third kappa shape index (κ3) is 3.19. The van der Waals surface area contributed by atoms with Crippen LogP contribution >= 0.6 is 0 Å². The first-order valence-electron chi connectivity index (χ1n) is 12.8. The van der Waals surface area contributed by atoms with Crippen molar-refractivity contribution in [1.82, 2.24) is 14.8 Å². The fourth-order valence-electron chi connectivity index (χ4n) is 8.89. The molecule has 8 atom stereocenters. The van der Waals surface area contributed by atoms with Crippen molar-refractivity contribution >= 4 is 16.7 Å². The van der Waals surface area contributed by atoms with Crippen molar-refractivity contribution in [2.75, 3.05) is 0 Å². The zero-order valence-corrected chi connectivity index (χ0v) is 19.2. The molecule has 6 rings (SSSR count). The zero-order chi connectivity index (χ0) is 21.2. The number of aromatic nitrogens is 3. The monoisotopic (exact) mass is 419 g/mol. The molecule has 0 bridgehead atoms. The minimum Gasteiger partial charge on any atom is -0.297 e. The number of ketones is 1. The summed E-state index contributed by atoms with van der Waals surface area (Å²) in [5, 5.41) is 5.67. The highest BCUT2D eigenvalue weighted by atomic mass is 16.1. The van der Waals surface area contributed by atoms with Gasteiger partial charge >= 0.3 is 0 Å². The maximum Gasteiger partial charge on any atom is 0.157 e. The second kappa shape index (κ2) is 7.42. The molecular weight excluding hydrogens is 382 g/mol. The van der Waals surface area contributed by atoms with E-state index in [-0.39, 0.29) is 11.3 Å². The predicted molar refractivity (Wildman–Crippen MR) is 122 cm³/mol. The summed E-state index contributed by atoms with van der Waals surface area (Å²) < 4.78 is 1.85. The number of nitrogens with zero attached hydrogens (tertiary/aromatic N) is 3. The normalized spacial score (nSPS) is 42.1. The highest BCUT2D eigenvalue weighted by Crippen LogP contribution is 2.64. The number of pyridine rings is 1. The van der Waals surface area contributed by atoms with Crippen LogP contribution in [0, 0.1) is 46.8 Å². The summed E-state index contributed by atoms with van der Waals surface area (Å²) in [5.74, 6) is 6.14. The molecule has 0 aliphatic heterocycles. The Morgan fingerprint density at radius 2 is 1.97 bits per heavy atom. The molecule has 2 aromatic rings. The molecular formula is C27H37N3O. The van der Waals surface area contributed by atoms with E-state index >= 15 is 0 Å². The number of carbonyl (C=O) groups excluding carboxylic acids is 1. The van der Waals surface area contributed by atoms with E-state index in [1.165, 1.54) is 51.4 Å². The quantitative estimate of drug-likeness (QED) is 0.622. The lowest BCUT2D eigenvalue weighted by molar-refractivity contribution is -0.131. The van der Waals surface area contributed by atoms with Crippen LogP contribution in [-0.4, -0.2) is 20.5 Å². The molecule has 7 unspecified atom stereocenters. The van der Waals surface area contributed by atoms with Gasteiger partial charge in [-0.1, -0.05) is 20.3 Å². The fraction of sp³-hybridized carbons (Fsp3) is 0.741. The molecule has 0 N–H and O–H groups in total. The molecule has 4 heteroatoms. The largest absolute Gasteiger partial charge is 0.297 e. The molecule has 2 heterocycles. The van der Waals surface area contributed by atoms with E-state index in [1.54, 1.807) is 12.4 Å². The Balaban J connectivity index is 1.19. The zero-order valence-electron chi connectivity index (χ0n) is 19.2. The average molecular weight is 420 g/mol.